The zero-order chi connectivity index (χ0) is 31.7. The van der Waals surface area contributed by atoms with Gasteiger partial charge in [-0.2, -0.15) is 0 Å². The molecule has 0 saturated heterocycles. The van der Waals surface area contributed by atoms with Crippen molar-refractivity contribution in [1.82, 2.24) is 4.98 Å². The van der Waals surface area contributed by atoms with E-state index in [-0.39, 0.29) is 41.9 Å². The number of hydrogen-bond donors (Lipinski definition) is 0. The second kappa shape index (κ2) is 16.5. The van der Waals surface area contributed by atoms with Crippen LogP contribution in [0.5, 0.6) is 0 Å². The van der Waals surface area contributed by atoms with E-state index in [1.165, 1.54) is 33.4 Å². The van der Waals surface area contributed by atoms with Crippen molar-refractivity contribution in [2.75, 3.05) is 0 Å². The van der Waals surface area contributed by atoms with Crippen LogP contribution in [0.15, 0.2) is 88.8 Å². The molecule has 1 aromatic heterocycles. The monoisotopic (exact) mass is 703 g/mol. The van der Waals surface area contributed by atoms with Crippen LogP contribution in [0.1, 0.15) is 78.1 Å². The van der Waals surface area contributed by atoms with E-state index in [0.29, 0.717) is 0 Å². The normalized spacial score (nSPS) is 11.4. The number of nitrogens with zero attached hydrogens (tertiary/aromatic N) is 3. The van der Waals surface area contributed by atoms with Crippen molar-refractivity contribution in [3.8, 4) is 0 Å². The van der Waals surface area contributed by atoms with Crippen molar-refractivity contribution < 1.29 is 41.9 Å². The molecule has 3 nitrogen and oxygen atoms in total. The van der Waals surface area contributed by atoms with E-state index in [9.17, 15) is 0 Å². The Morgan fingerprint density at radius 3 is 1.06 bits per heavy atom. The minimum absolute atomic E-state index is 0. The minimum atomic E-state index is 0. The maximum absolute atomic E-state index is 5.37. The van der Waals surface area contributed by atoms with Crippen LogP contribution in [0.25, 0.3) is 0 Å². The molecule has 0 saturated carbocycles. The molecule has 0 fully saturated rings. The number of benzene rings is 4. The summed E-state index contributed by atoms with van der Waals surface area (Å²) < 4.78 is 0. The van der Waals surface area contributed by atoms with Crippen molar-refractivity contribution in [3.05, 3.63) is 157 Å². The topological polar surface area (TPSA) is 37.6 Å². The van der Waals surface area contributed by atoms with Crippen molar-refractivity contribution in [2.24, 2.45) is 9.98 Å². The molecular formula is C41H43Cl2FeN3. The summed E-state index contributed by atoms with van der Waals surface area (Å²) in [4.78, 5) is 16.1. The van der Waals surface area contributed by atoms with Crippen LogP contribution in [-0.2, 0) is 17.1 Å². The van der Waals surface area contributed by atoms with Crippen molar-refractivity contribution >= 4 is 22.8 Å². The van der Waals surface area contributed by atoms with E-state index in [0.717, 1.165) is 67.6 Å². The molecule has 0 amide bonds. The first-order valence-electron chi connectivity index (χ1n) is 15.4. The van der Waals surface area contributed by atoms with Crippen LogP contribution in [-0.4, -0.2) is 16.4 Å². The van der Waals surface area contributed by atoms with Crippen molar-refractivity contribution in [2.45, 2.75) is 69.2 Å². The van der Waals surface area contributed by atoms with Crippen LogP contribution in [0.3, 0.4) is 0 Å². The van der Waals surface area contributed by atoms with Gasteiger partial charge in [-0.05, 0) is 115 Å². The summed E-state index contributed by atoms with van der Waals surface area (Å²) in [7, 11) is 0. The summed E-state index contributed by atoms with van der Waals surface area (Å²) in [6, 6.07) is 28.1. The second-order valence-corrected chi connectivity index (χ2v) is 12.5. The molecule has 0 aliphatic carbocycles. The number of aryl methyl sites for hydroxylation is 10. The molecule has 5 rings (SSSR count). The smallest absolute Gasteiger partial charge is 1.00 e. The average molecular weight is 705 g/mol. The third-order valence-corrected chi connectivity index (χ3v) is 8.23. The average Bonchev–Trinajstić information content (AvgIpc) is 2.93. The molecule has 0 aliphatic heterocycles. The standard InChI is InChI=1S/C41H43N3.2ClH.Fe/c1-24-14-16-34(28(5)18-24)40(43-38-30(7)20-26(3)21-31(38)8)36-12-11-13-37(42-36)41(35-17-15-25(2)19-29(35)6)44-39-32(9)22-27(4)23-33(39)10;;;/h11-23H,1-10H3;2*1H;/q;;;+2/p-2/b43-40+,44-41+;;;. The van der Waals surface area contributed by atoms with Crippen LogP contribution >= 0.6 is 0 Å². The fourth-order valence-electron chi connectivity index (χ4n) is 6.29. The fourth-order valence-corrected chi connectivity index (χ4v) is 6.29. The van der Waals surface area contributed by atoms with Crippen LogP contribution in [0.2, 0.25) is 0 Å². The Hall–Kier alpha value is -3.53. The number of hydrogen-bond acceptors (Lipinski definition) is 3. The van der Waals surface area contributed by atoms with Crippen molar-refractivity contribution in [3.63, 3.8) is 0 Å². The first-order chi connectivity index (χ1) is 20.9. The third-order valence-electron chi connectivity index (χ3n) is 8.23. The Morgan fingerprint density at radius 1 is 0.426 bits per heavy atom. The summed E-state index contributed by atoms with van der Waals surface area (Å²) in [6.07, 6.45) is 0. The van der Waals surface area contributed by atoms with Gasteiger partial charge in [0, 0.05) is 11.1 Å². The Balaban J connectivity index is 0.00000256. The SMILES string of the molecule is Cc1ccc(/C(=N\c2c(C)cc(C)cc2C)c2cccc(/C(=N/c3c(C)cc(C)cc3C)c3ccc(C)cc3C)n2)c(C)c1.[Cl-].[Cl-].[Fe+2]. The Labute approximate surface area is 304 Å². The number of aromatic nitrogens is 1. The van der Waals surface area contributed by atoms with Gasteiger partial charge >= 0.3 is 17.1 Å². The number of aliphatic imine (C=N–C) groups is 2. The largest absolute Gasteiger partial charge is 2.00 e. The molecule has 244 valence electrons. The van der Waals surface area contributed by atoms with Gasteiger partial charge in [-0.25, -0.2) is 15.0 Å². The molecule has 6 heteroatoms. The van der Waals surface area contributed by atoms with E-state index in [4.69, 9.17) is 15.0 Å². The zero-order valence-electron chi connectivity index (χ0n) is 29.0. The Bertz CT molecular complexity index is 1790. The van der Waals surface area contributed by atoms with Gasteiger partial charge in [-0.3, -0.25) is 0 Å². The van der Waals surface area contributed by atoms with Gasteiger partial charge in [0.1, 0.15) is 0 Å². The van der Waals surface area contributed by atoms with Crippen molar-refractivity contribution in [1.29, 1.82) is 0 Å². The number of pyridine rings is 1. The molecule has 5 aromatic rings. The summed E-state index contributed by atoms with van der Waals surface area (Å²) in [6.45, 7) is 21.4. The maximum Gasteiger partial charge on any atom is 2.00 e. The molecule has 0 aliphatic rings. The van der Waals surface area contributed by atoms with E-state index >= 15 is 0 Å². The number of rotatable bonds is 6. The molecule has 0 unspecified atom stereocenters. The third kappa shape index (κ3) is 8.89. The first kappa shape index (κ1) is 39.6. The summed E-state index contributed by atoms with van der Waals surface area (Å²) in [5.41, 5.74) is 19.4. The Kier molecular flexibility index (Phi) is 13.9. The van der Waals surface area contributed by atoms with Gasteiger partial charge in [0.25, 0.3) is 0 Å². The maximum atomic E-state index is 5.37. The summed E-state index contributed by atoms with van der Waals surface area (Å²) in [5.74, 6) is 0. The minimum Gasteiger partial charge on any atom is -1.00 e. The molecule has 0 N–H and O–H groups in total. The van der Waals surface area contributed by atoms with E-state index in [1.807, 2.05) is 0 Å². The summed E-state index contributed by atoms with van der Waals surface area (Å²) in [5, 5.41) is 0. The van der Waals surface area contributed by atoms with E-state index in [1.54, 1.807) is 0 Å². The molecular weight excluding hydrogens is 661 g/mol. The van der Waals surface area contributed by atoms with Gasteiger partial charge in [-0.15, -0.1) is 0 Å². The first-order valence-corrected chi connectivity index (χ1v) is 15.4. The van der Waals surface area contributed by atoms with Gasteiger partial charge in [0.15, 0.2) is 0 Å². The van der Waals surface area contributed by atoms with E-state index < -0.39 is 0 Å². The fraction of sp³-hybridized carbons (Fsp3) is 0.244. The van der Waals surface area contributed by atoms with E-state index in [2.05, 4.69) is 148 Å². The predicted octanol–water partition coefficient (Wildman–Crippen LogP) is 4.51. The van der Waals surface area contributed by atoms with Crippen LogP contribution in [0.4, 0.5) is 11.4 Å². The summed E-state index contributed by atoms with van der Waals surface area (Å²) >= 11 is 0. The predicted molar refractivity (Wildman–Crippen MR) is 188 cm³/mol. The van der Waals surface area contributed by atoms with Gasteiger partial charge in [0.05, 0.1) is 34.2 Å². The molecule has 1 heterocycles. The number of halogens is 2. The molecule has 4 aromatic carbocycles. The molecule has 0 atom stereocenters. The van der Waals surface area contributed by atoms with Gasteiger partial charge in [0.2, 0.25) is 0 Å². The second-order valence-electron chi connectivity index (χ2n) is 12.5. The molecule has 0 bridgehead atoms. The molecule has 0 radical (unpaired) electrons. The Morgan fingerprint density at radius 2 is 0.745 bits per heavy atom. The quantitative estimate of drug-likeness (QED) is 0.190. The molecule has 47 heavy (non-hydrogen) atoms. The van der Waals surface area contributed by atoms with Crippen LogP contribution in [0, 0.1) is 69.2 Å². The van der Waals surface area contributed by atoms with Gasteiger partial charge in [-0.1, -0.05) is 89.0 Å². The van der Waals surface area contributed by atoms with Crippen LogP contribution < -0.4 is 24.8 Å². The molecule has 0 spiro atoms. The zero-order valence-corrected chi connectivity index (χ0v) is 31.6. The van der Waals surface area contributed by atoms with Gasteiger partial charge < -0.3 is 24.8 Å².